The van der Waals surface area contributed by atoms with Gasteiger partial charge in [-0.2, -0.15) is 13.2 Å². The van der Waals surface area contributed by atoms with Crippen LogP contribution in [0.5, 0.6) is 0 Å². The average molecular weight is 303 g/mol. The first-order chi connectivity index (χ1) is 9.45. The molecule has 0 spiro atoms. The molecule has 1 aliphatic rings. The molecule has 0 aliphatic carbocycles. The number of hydrogen-bond donors (Lipinski definition) is 0. The number of aryl methyl sites for hydroxylation is 1. The third-order valence-corrected chi connectivity index (χ3v) is 4.12. The van der Waals surface area contributed by atoms with Crippen LogP contribution < -0.4 is 4.90 Å². The van der Waals surface area contributed by atoms with Crippen LogP contribution in [-0.4, -0.2) is 41.9 Å². The maximum atomic E-state index is 12.8. The number of ether oxygens (including phenoxy) is 1. The van der Waals surface area contributed by atoms with Crippen LogP contribution in [0.25, 0.3) is 10.2 Å². The summed E-state index contributed by atoms with van der Waals surface area (Å²) < 4.78 is 43.1. The van der Waals surface area contributed by atoms with Crippen LogP contribution in [0.4, 0.5) is 19.0 Å². The number of hydrogen-bond acceptors (Lipinski definition) is 5. The van der Waals surface area contributed by atoms with Gasteiger partial charge in [0.2, 0.25) is 0 Å². The van der Waals surface area contributed by atoms with Gasteiger partial charge < -0.3 is 9.64 Å². The predicted octanol–water partition coefficient (Wildman–Crippen LogP) is 2.77. The maximum Gasteiger partial charge on any atom is 0.416 e. The quantitative estimate of drug-likeness (QED) is 0.812. The van der Waals surface area contributed by atoms with Gasteiger partial charge in [0.25, 0.3) is 0 Å². The lowest BCUT2D eigenvalue weighted by Crippen LogP contribution is -2.49. The van der Waals surface area contributed by atoms with Crippen LogP contribution in [0.1, 0.15) is 4.88 Å². The zero-order valence-corrected chi connectivity index (χ0v) is 11.5. The topological polar surface area (TPSA) is 38.2 Å². The molecule has 0 bridgehead atoms. The first-order valence-corrected chi connectivity index (χ1v) is 6.91. The number of halogens is 3. The number of alkyl halides is 3. The second-order valence-electron chi connectivity index (χ2n) is 4.62. The molecule has 0 saturated carbocycles. The van der Waals surface area contributed by atoms with E-state index >= 15 is 0 Å². The second-order valence-corrected chi connectivity index (χ2v) is 5.85. The van der Waals surface area contributed by atoms with Gasteiger partial charge >= 0.3 is 6.18 Å². The number of thiophene rings is 1. The van der Waals surface area contributed by atoms with Gasteiger partial charge in [-0.05, 0) is 13.0 Å². The highest BCUT2D eigenvalue weighted by molar-refractivity contribution is 7.18. The molecule has 1 fully saturated rings. The van der Waals surface area contributed by atoms with Crippen LogP contribution in [0, 0.1) is 6.92 Å². The fraction of sp³-hybridized carbons (Fsp3) is 0.500. The van der Waals surface area contributed by atoms with Gasteiger partial charge in [-0.25, -0.2) is 9.97 Å². The Kier molecular flexibility index (Phi) is 3.29. The van der Waals surface area contributed by atoms with Crippen molar-refractivity contribution in [2.24, 2.45) is 0 Å². The molecule has 8 heteroatoms. The molecule has 4 nitrogen and oxygen atoms in total. The number of fused-ring (bicyclic) bond motifs is 1. The SMILES string of the molecule is Cc1cc2c(N3CCOC(C(F)(F)F)C3)ncnc2s1. The molecule has 3 heterocycles. The monoisotopic (exact) mass is 303 g/mol. The van der Waals surface area contributed by atoms with Gasteiger partial charge in [-0.1, -0.05) is 0 Å². The van der Waals surface area contributed by atoms with E-state index < -0.39 is 12.3 Å². The number of rotatable bonds is 1. The minimum atomic E-state index is -4.35. The summed E-state index contributed by atoms with van der Waals surface area (Å²) in [7, 11) is 0. The van der Waals surface area contributed by atoms with Crippen molar-refractivity contribution in [3.8, 4) is 0 Å². The van der Waals surface area contributed by atoms with Crippen molar-refractivity contribution in [2.45, 2.75) is 19.2 Å². The zero-order chi connectivity index (χ0) is 14.3. The highest BCUT2D eigenvalue weighted by atomic mass is 32.1. The fourth-order valence-corrected chi connectivity index (χ4v) is 3.10. The van der Waals surface area contributed by atoms with Crippen molar-refractivity contribution in [2.75, 3.05) is 24.6 Å². The molecule has 1 saturated heterocycles. The lowest BCUT2D eigenvalue weighted by Gasteiger charge is -2.34. The first-order valence-electron chi connectivity index (χ1n) is 6.09. The van der Waals surface area contributed by atoms with Crippen LogP contribution in [-0.2, 0) is 4.74 Å². The largest absolute Gasteiger partial charge is 0.416 e. The first kappa shape index (κ1) is 13.6. The Hall–Kier alpha value is -1.41. The second kappa shape index (κ2) is 4.85. The highest BCUT2D eigenvalue weighted by Gasteiger charge is 2.43. The third-order valence-electron chi connectivity index (χ3n) is 3.16. The molecule has 2 aromatic heterocycles. The summed E-state index contributed by atoms with van der Waals surface area (Å²) in [6, 6.07) is 1.91. The van der Waals surface area contributed by atoms with E-state index in [1.54, 1.807) is 4.90 Å². The maximum absolute atomic E-state index is 12.8. The van der Waals surface area contributed by atoms with Gasteiger partial charge in [0.1, 0.15) is 17.0 Å². The van der Waals surface area contributed by atoms with Crippen LogP contribution in [0.15, 0.2) is 12.4 Å². The average Bonchev–Trinajstić information content (AvgIpc) is 2.77. The Bertz CT molecular complexity index is 628. The van der Waals surface area contributed by atoms with E-state index in [0.29, 0.717) is 12.4 Å². The Morgan fingerprint density at radius 1 is 1.40 bits per heavy atom. The van der Waals surface area contributed by atoms with Crippen LogP contribution in [0.3, 0.4) is 0 Å². The minimum Gasteiger partial charge on any atom is -0.365 e. The molecular formula is C12H12F3N3OS. The molecule has 1 unspecified atom stereocenters. The smallest absolute Gasteiger partial charge is 0.365 e. The number of morpholine rings is 1. The summed E-state index contributed by atoms with van der Waals surface area (Å²) in [5.41, 5.74) is 0. The molecule has 108 valence electrons. The van der Waals surface area contributed by atoms with Crippen molar-refractivity contribution in [3.05, 3.63) is 17.3 Å². The van der Waals surface area contributed by atoms with E-state index in [9.17, 15) is 13.2 Å². The van der Waals surface area contributed by atoms with E-state index in [4.69, 9.17) is 4.74 Å². The summed E-state index contributed by atoms with van der Waals surface area (Å²) in [6.07, 6.45) is -4.72. The lowest BCUT2D eigenvalue weighted by molar-refractivity contribution is -0.221. The summed E-state index contributed by atoms with van der Waals surface area (Å²) in [5.74, 6) is 0.553. The minimum absolute atomic E-state index is 0.0405. The van der Waals surface area contributed by atoms with Crippen molar-refractivity contribution in [1.29, 1.82) is 0 Å². The Balaban J connectivity index is 1.94. The number of nitrogens with zero attached hydrogens (tertiary/aromatic N) is 3. The molecule has 0 radical (unpaired) electrons. The summed E-state index contributed by atoms with van der Waals surface area (Å²) in [6.45, 7) is 2.14. The van der Waals surface area contributed by atoms with Gasteiger partial charge in [-0.3, -0.25) is 0 Å². The Morgan fingerprint density at radius 3 is 2.95 bits per heavy atom. The Labute approximate surface area is 117 Å². The van der Waals surface area contributed by atoms with Crippen LogP contribution >= 0.6 is 11.3 Å². The van der Waals surface area contributed by atoms with Gasteiger partial charge in [0, 0.05) is 11.4 Å². The van der Waals surface area contributed by atoms with E-state index in [1.165, 1.54) is 17.7 Å². The molecule has 1 aliphatic heterocycles. The van der Waals surface area contributed by atoms with Gasteiger partial charge in [0.15, 0.2) is 6.10 Å². The molecular weight excluding hydrogens is 291 g/mol. The molecule has 0 aromatic carbocycles. The lowest BCUT2D eigenvalue weighted by atomic mass is 10.2. The third kappa shape index (κ3) is 2.45. The van der Waals surface area contributed by atoms with E-state index in [2.05, 4.69) is 9.97 Å². The standard InChI is InChI=1S/C12H12F3N3OS/c1-7-4-8-10(16-6-17-11(8)20-7)18-2-3-19-9(5-18)12(13,14)15/h4,6,9H,2-3,5H2,1H3. The van der Waals surface area contributed by atoms with E-state index in [1.807, 2.05) is 13.0 Å². The molecule has 2 aromatic rings. The number of aromatic nitrogens is 2. The molecule has 0 N–H and O–H groups in total. The summed E-state index contributed by atoms with van der Waals surface area (Å²) in [4.78, 5) is 11.8. The summed E-state index contributed by atoms with van der Waals surface area (Å²) >= 11 is 1.51. The van der Waals surface area contributed by atoms with Crippen molar-refractivity contribution in [1.82, 2.24) is 9.97 Å². The van der Waals surface area contributed by atoms with Gasteiger partial charge in [-0.15, -0.1) is 11.3 Å². The number of anilines is 1. The van der Waals surface area contributed by atoms with Crippen molar-refractivity contribution < 1.29 is 17.9 Å². The predicted molar refractivity (Wildman–Crippen MR) is 70.2 cm³/mol. The summed E-state index contributed by atoms with van der Waals surface area (Å²) in [5, 5.41) is 0.804. The zero-order valence-electron chi connectivity index (χ0n) is 10.6. The molecule has 0 amide bonds. The van der Waals surface area contributed by atoms with Gasteiger partial charge in [0.05, 0.1) is 18.5 Å². The highest BCUT2D eigenvalue weighted by Crippen LogP contribution is 2.32. The fourth-order valence-electron chi connectivity index (χ4n) is 2.26. The van der Waals surface area contributed by atoms with E-state index in [0.717, 1.165) is 15.1 Å². The van der Waals surface area contributed by atoms with Crippen molar-refractivity contribution in [3.63, 3.8) is 0 Å². The van der Waals surface area contributed by atoms with Crippen molar-refractivity contribution >= 4 is 27.4 Å². The van der Waals surface area contributed by atoms with Crippen LogP contribution in [0.2, 0.25) is 0 Å². The normalized spacial score (nSPS) is 20.6. The molecule has 1 atom stereocenters. The molecule has 3 rings (SSSR count). The van der Waals surface area contributed by atoms with E-state index in [-0.39, 0.29) is 13.2 Å². The Morgan fingerprint density at radius 2 is 2.20 bits per heavy atom. The molecule has 20 heavy (non-hydrogen) atoms.